The second kappa shape index (κ2) is 8.26. The third-order valence-corrected chi connectivity index (χ3v) is 4.15. The Morgan fingerprint density at radius 1 is 1.36 bits per heavy atom. The van der Waals surface area contributed by atoms with E-state index in [-0.39, 0.29) is 5.15 Å². The van der Waals surface area contributed by atoms with E-state index in [0.29, 0.717) is 18.2 Å². The van der Waals surface area contributed by atoms with Crippen molar-refractivity contribution >= 4 is 23.3 Å². The van der Waals surface area contributed by atoms with E-state index in [0.717, 1.165) is 12.8 Å². The normalized spacial score (nSPS) is 18.5. The van der Waals surface area contributed by atoms with Gasteiger partial charge in [-0.15, -0.1) is 10.2 Å². The molecular weight excluding hydrogens is 306 g/mol. The number of aliphatic hydroxyl groups excluding tert-OH is 1. The lowest BCUT2D eigenvalue weighted by Gasteiger charge is -2.26. The molecule has 122 valence electrons. The lowest BCUT2D eigenvalue weighted by atomic mass is 9.84. The van der Waals surface area contributed by atoms with Gasteiger partial charge in [0, 0.05) is 6.04 Å². The number of halogens is 1. The molecule has 7 nitrogen and oxygen atoms in total. The summed E-state index contributed by atoms with van der Waals surface area (Å²) < 4.78 is 0. The van der Waals surface area contributed by atoms with Crippen LogP contribution in [0, 0.1) is 5.92 Å². The molecule has 1 aromatic heterocycles. The highest BCUT2D eigenvalue weighted by Crippen LogP contribution is 2.27. The van der Waals surface area contributed by atoms with Gasteiger partial charge in [0.2, 0.25) is 0 Å². The predicted octanol–water partition coefficient (Wildman–Crippen LogP) is 1.23. The number of hydrazine groups is 1. The standard InChI is InChI=1S/C14H22ClN5O2/c15-11-6-7-12(18-17-11)19-20-14(22)13(21)10(16)8-9-4-2-1-3-5-9/h6-7,9-10,13,21H,1-5,8,16H2,(H,18,19)(H,20,22)/t10-,13?/m1/s1. The van der Waals surface area contributed by atoms with Crippen LogP contribution in [0.3, 0.4) is 0 Å². The highest BCUT2D eigenvalue weighted by atomic mass is 35.5. The van der Waals surface area contributed by atoms with E-state index in [9.17, 15) is 9.90 Å². The molecule has 1 aliphatic rings. The molecule has 1 saturated carbocycles. The summed E-state index contributed by atoms with van der Waals surface area (Å²) in [5.74, 6) is 0.243. The van der Waals surface area contributed by atoms with Crippen molar-refractivity contribution in [1.82, 2.24) is 15.6 Å². The van der Waals surface area contributed by atoms with Crippen molar-refractivity contribution in [2.75, 3.05) is 5.43 Å². The van der Waals surface area contributed by atoms with Crippen molar-refractivity contribution < 1.29 is 9.90 Å². The van der Waals surface area contributed by atoms with E-state index in [2.05, 4.69) is 21.0 Å². The molecule has 8 heteroatoms. The van der Waals surface area contributed by atoms with Crippen LogP contribution in [-0.4, -0.2) is 33.4 Å². The van der Waals surface area contributed by atoms with Crippen LogP contribution in [0.15, 0.2) is 12.1 Å². The van der Waals surface area contributed by atoms with Crippen LogP contribution in [0.1, 0.15) is 38.5 Å². The van der Waals surface area contributed by atoms with Gasteiger partial charge in [-0.2, -0.15) is 0 Å². The van der Waals surface area contributed by atoms with E-state index >= 15 is 0 Å². The van der Waals surface area contributed by atoms with Crippen LogP contribution >= 0.6 is 11.6 Å². The maximum Gasteiger partial charge on any atom is 0.268 e. The van der Waals surface area contributed by atoms with Gasteiger partial charge in [-0.3, -0.25) is 15.6 Å². The summed E-state index contributed by atoms with van der Waals surface area (Å²) in [5, 5.41) is 17.6. The number of hydrogen-bond acceptors (Lipinski definition) is 6. The third kappa shape index (κ3) is 5.08. The molecule has 0 spiro atoms. The summed E-state index contributed by atoms with van der Waals surface area (Å²) in [6.07, 6.45) is 5.33. The molecule has 5 N–H and O–H groups in total. The second-order valence-electron chi connectivity index (χ2n) is 5.70. The average Bonchev–Trinajstić information content (AvgIpc) is 2.54. The minimum atomic E-state index is -1.25. The Morgan fingerprint density at radius 3 is 2.73 bits per heavy atom. The number of carbonyl (C=O) groups is 1. The van der Waals surface area contributed by atoms with E-state index in [1.807, 2.05) is 0 Å². The molecule has 0 radical (unpaired) electrons. The first-order valence-corrected chi connectivity index (χ1v) is 7.93. The first kappa shape index (κ1) is 16.9. The highest BCUT2D eigenvalue weighted by Gasteiger charge is 2.26. The minimum absolute atomic E-state index is 0.256. The Bertz CT molecular complexity index is 479. The van der Waals surface area contributed by atoms with Crippen LogP contribution in [0.2, 0.25) is 5.15 Å². The quantitative estimate of drug-likeness (QED) is 0.584. The minimum Gasteiger partial charge on any atom is -0.382 e. The summed E-state index contributed by atoms with van der Waals surface area (Å²) in [5.41, 5.74) is 10.9. The molecule has 1 heterocycles. The van der Waals surface area contributed by atoms with Gasteiger partial charge < -0.3 is 10.8 Å². The lowest BCUT2D eigenvalue weighted by Crippen LogP contribution is -2.48. The van der Waals surface area contributed by atoms with Crippen molar-refractivity contribution in [2.45, 2.75) is 50.7 Å². The Kier molecular flexibility index (Phi) is 6.35. The van der Waals surface area contributed by atoms with Crippen molar-refractivity contribution in [3.05, 3.63) is 17.3 Å². The fourth-order valence-electron chi connectivity index (χ4n) is 2.71. The van der Waals surface area contributed by atoms with E-state index in [4.69, 9.17) is 17.3 Å². The summed E-state index contributed by atoms with van der Waals surface area (Å²) in [6.45, 7) is 0. The molecule has 1 amide bonds. The summed E-state index contributed by atoms with van der Waals surface area (Å²) >= 11 is 5.61. The molecule has 2 atom stereocenters. The van der Waals surface area contributed by atoms with Crippen molar-refractivity contribution in [1.29, 1.82) is 0 Å². The number of amides is 1. The number of rotatable bonds is 6. The summed E-state index contributed by atoms with van der Waals surface area (Å²) in [6, 6.07) is 2.53. The second-order valence-corrected chi connectivity index (χ2v) is 6.09. The average molecular weight is 328 g/mol. The number of nitrogens with two attached hydrogens (primary N) is 1. The largest absolute Gasteiger partial charge is 0.382 e. The van der Waals surface area contributed by atoms with Crippen molar-refractivity contribution in [2.24, 2.45) is 11.7 Å². The van der Waals surface area contributed by atoms with E-state index in [1.165, 1.54) is 25.3 Å². The molecular formula is C14H22ClN5O2. The molecule has 0 aromatic carbocycles. The highest BCUT2D eigenvalue weighted by molar-refractivity contribution is 6.29. The maximum absolute atomic E-state index is 11.9. The molecule has 22 heavy (non-hydrogen) atoms. The van der Waals surface area contributed by atoms with Crippen LogP contribution in [0.4, 0.5) is 5.82 Å². The number of hydrogen-bond donors (Lipinski definition) is 4. The molecule has 0 bridgehead atoms. The van der Waals surface area contributed by atoms with Crippen molar-refractivity contribution in [3.63, 3.8) is 0 Å². The van der Waals surface area contributed by atoms with Crippen LogP contribution in [0.5, 0.6) is 0 Å². The Balaban J connectivity index is 1.76. The number of nitrogens with one attached hydrogen (secondary N) is 2. The lowest BCUT2D eigenvalue weighted by molar-refractivity contribution is -0.130. The fraction of sp³-hybridized carbons (Fsp3) is 0.643. The van der Waals surface area contributed by atoms with Gasteiger partial charge in [0.05, 0.1) is 0 Å². The Morgan fingerprint density at radius 2 is 2.09 bits per heavy atom. The third-order valence-electron chi connectivity index (χ3n) is 3.95. The van der Waals surface area contributed by atoms with Gasteiger partial charge in [-0.25, -0.2) is 0 Å². The number of aliphatic hydroxyl groups is 1. The van der Waals surface area contributed by atoms with Gasteiger partial charge in [0.15, 0.2) is 11.0 Å². The van der Waals surface area contributed by atoms with Gasteiger partial charge >= 0.3 is 0 Å². The van der Waals surface area contributed by atoms with E-state index < -0.39 is 18.1 Å². The smallest absolute Gasteiger partial charge is 0.268 e. The molecule has 0 saturated heterocycles. The van der Waals surface area contributed by atoms with Gasteiger partial charge in [0.1, 0.15) is 6.10 Å². The first-order chi connectivity index (χ1) is 10.6. The molecule has 1 aromatic rings. The maximum atomic E-state index is 11.9. The van der Waals surface area contributed by atoms with Crippen LogP contribution in [0.25, 0.3) is 0 Å². The topological polar surface area (TPSA) is 113 Å². The number of aromatic nitrogens is 2. The molecule has 1 unspecified atom stereocenters. The van der Waals surface area contributed by atoms with Crippen molar-refractivity contribution in [3.8, 4) is 0 Å². The number of carbonyl (C=O) groups excluding carboxylic acids is 1. The van der Waals surface area contributed by atoms with E-state index in [1.54, 1.807) is 6.07 Å². The number of anilines is 1. The zero-order valence-corrected chi connectivity index (χ0v) is 13.1. The monoisotopic (exact) mass is 327 g/mol. The van der Waals surface area contributed by atoms with Crippen LogP contribution < -0.4 is 16.6 Å². The zero-order chi connectivity index (χ0) is 15.9. The van der Waals surface area contributed by atoms with Gasteiger partial charge in [0.25, 0.3) is 5.91 Å². The molecule has 1 fully saturated rings. The molecule has 2 rings (SSSR count). The number of nitrogens with zero attached hydrogens (tertiary/aromatic N) is 2. The van der Waals surface area contributed by atoms with Gasteiger partial charge in [-0.05, 0) is 24.5 Å². The summed E-state index contributed by atoms with van der Waals surface area (Å²) in [4.78, 5) is 11.9. The fourth-order valence-corrected chi connectivity index (χ4v) is 2.81. The summed E-state index contributed by atoms with van der Waals surface area (Å²) in [7, 11) is 0. The molecule has 1 aliphatic carbocycles. The Labute approximate surface area is 134 Å². The SMILES string of the molecule is N[C@H](CC1CCCCC1)C(O)C(=O)NNc1ccc(Cl)nn1. The first-order valence-electron chi connectivity index (χ1n) is 7.55. The zero-order valence-electron chi connectivity index (χ0n) is 12.3. The predicted molar refractivity (Wildman–Crippen MR) is 84.0 cm³/mol. The van der Waals surface area contributed by atoms with Crippen LogP contribution in [-0.2, 0) is 4.79 Å². The Hall–Kier alpha value is -1.44. The molecule has 0 aliphatic heterocycles. The van der Waals surface area contributed by atoms with Gasteiger partial charge in [-0.1, -0.05) is 43.7 Å².